The van der Waals surface area contributed by atoms with Crippen LogP contribution in [0.25, 0.3) is 0 Å². The number of hydrogen-bond donors (Lipinski definition) is 0. The third kappa shape index (κ3) is 2.79. The van der Waals surface area contributed by atoms with Crippen LogP contribution in [0.15, 0.2) is 0 Å². The second-order valence-electron chi connectivity index (χ2n) is 5.06. The third-order valence-electron chi connectivity index (χ3n) is 3.68. The van der Waals surface area contributed by atoms with Crippen LogP contribution < -0.4 is 0 Å². The maximum atomic E-state index is 10.6. The summed E-state index contributed by atoms with van der Waals surface area (Å²) in [6, 6.07) is 0.770. The highest BCUT2D eigenvalue weighted by atomic mass is 16.1. The molecule has 0 N–H and O–H groups in total. The van der Waals surface area contributed by atoms with Crippen LogP contribution in [0.3, 0.4) is 0 Å². The first-order valence-corrected chi connectivity index (χ1v) is 6.21. The number of likely N-dealkylation sites (tertiary alicyclic amines) is 2. The Morgan fingerprint density at radius 2 is 2.07 bits per heavy atom. The van der Waals surface area contributed by atoms with Gasteiger partial charge < -0.3 is 9.69 Å². The van der Waals surface area contributed by atoms with Gasteiger partial charge in [-0.2, -0.15) is 0 Å². The molecule has 3 nitrogen and oxygen atoms in total. The molecule has 2 atom stereocenters. The second kappa shape index (κ2) is 5.08. The van der Waals surface area contributed by atoms with Crippen LogP contribution in [0, 0.1) is 5.92 Å². The molecule has 0 bridgehead atoms. The first-order valence-electron chi connectivity index (χ1n) is 6.21. The quantitative estimate of drug-likeness (QED) is 0.647. The Labute approximate surface area is 92.4 Å². The Bertz CT molecular complexity index is 214. The molecule has 3 heteroatoms. The summed E-state index contributed by atoms with van der Waals surface area (Å²) in [5.41, 5.74) is 0. The van der Waals surface area contributed by atoms with Gasteiger partial charge in [-0.3, -0.25) is 4.90 Å². The molecule has 0 aromatic heterocycles. The van der Waals surface area contributed by atoms with Crippen molar-refractivity contribution in [3.63, 3.8) is 0 Å². The van der Waals surface area contributed by atoms with Crippen molar-refractivity contribution >= 4 is 6.29 Å². The molecule has 0 aliphatic carbocycles. The molecule has 0 aromatic carbocycles. The Kier molecular flexibility index (Phi) is 3.76. The van der Waals surface area contributed by atoms with Gasteiger partial charge in [0.05, 0.1) is 0 Å². The zero-order valence-electron chi connectivity index (χ0n) is 9.69. The fourth-order valence-corrected chi connectivity index (χ4v) is 2.83. The molecule has 15 heavy (non-hydrogen) atoms. The molecule has 0 radical (unpaired) electrons. The highest BCUT2D eigenvalue weighted by Crippen LogP contribution is 2.20. The van der Waals surface area contributed by atoms with Crippen LogP contribution in [0.1, 0.15) is 26.2 Å². The smallest absolute Gasteiger partial charge is 0.124 e. The van der Waals surface area contributed by atoms with Gasteiger partial charge in [0.25, 0.3) is 0 Å². The molecule has 2 aliphatic rings. The fourth-order valence-electron chi connectivity index (χ4n) is 2.83. The number of aldehydes is 1. The van der Waals surface area contributed by atoms with Crippen molar-refractivity contribution in [2.45, 2.75) is 32.2 Å². The van der Waals surface area contributed by atoms with Crippen LogP contribution in [0.2, 0.25) is 0 Å². The topological polar surface area (TPSA) is 23.6 Å². The van der Waals surface area contributed by atoms with Crippen molar-refractivity contribution in [2.24, 2.45) is 5.92 Å². The van der Waals surface area contributed by atoms with E-state index < -0.39 is 0 Å². The predicted molar refractivity (Wildman–Crippen MR) is 60.9 cm³/mol. The average Bonchev–Trinajstić information content (AvgIpc) is 2.85. The van der Waals surface area contributed by atoms with E-state index in [1.807, 2.05) is 6.92 Å². The predicted octanol–water partition coefficient (Wildman–Crippen LogP) is 0.991. The SMILES string of the molecule is CC(C=O)CN1CCC(N2CCCC2)C1. The lowest BCUT2D eigenvalue weighted by molar-refractivity contribution is -0.111. The number of nitrogens with zero attached hydrogens (tertiary/aromatic N) is 2. The minimum Gasteiger partial charge on any atom is -0.303 e. The van der Waals surface area contributed by atoms with Gasteiger partial charge in [-0.1, -0.05) is 6.92 Å². The van der Waals surface area contributed by atoms with E-state index >= 15 is 0 Å². The van der Waals surface area contributed by atoms with E-state index in [1.165, 1.54) is 45.4 Å². The highest BCUT2D eigenvalue weighted by Gasteiger charge is 2.29. The molecule has 2 unspecified atom stereocenters. The van der Waals surface area contributed by atoms with Crippen LogP contribution >= 0.6 is 0 Å². The van der Waals surface area contributed by atoms with Crippen molar-refractivity contribution in [3.05, 3.63) is 0 Å². The normalized spacial score (nSPS) is 30.9. The molecular weight excluding hydrogens is 188 g/mol. The molecule has 0 spiro atoms. The summed E-state index contributed by atoms with van der Waals surface area (Å²) < 4.78 is 0. The van der Waals surface area contributed by atoms with Gasteiger partial charge in [0, 0.05) is 25.0 Å². The molecule has 2 fully saturated rings. The van der Waals surface area contributed by atoms with E-state index in [0.29, 0.717) is 0 Å². The van der Waals surface area contributed by atoms with E-state index in [-0.39, 0.29) is 5.92 Å². The molecule has 86 valence electrons. The van der Waals surface area contributed by atoms with E-state index in [2.05, 4.69) is 9.80 Å². The van der Waals surface area contributed by atoms with Crippen molar-refractivity contribution < 1.29 is 4.79 Å². The standard InChI is InChI=1S/C12H22N2O/c1-11(10-15)8-13-7-4-12(9-13)14-5-2-3-6-14/h10-12H,2-9H2,1H3. The number of hydrogen-bond acceptors (Lipinski definition) is 3. The zero-order chi connectivity index (χ0) is 10.7. The van der Waals surface area contributed by atoms with Crippen molar-refractivity contribution in [1.29, 1.82) is 0 Å². The third-order valence-corrected chi connectivity index (χ3v) is 3.68. The van der Waals surface area contributed by atoms with E-state index in [4.69, 9.17) is 0 Å². The lowest BCUT2D eigenvalue weighted by Crippen LogP contribution is -2.36. The highest BCUT2D eigenvalue weighted by molar-refractivity contribution is 5.53. The first kappa shape index (κ1) is 11.1. The Morgan fingerprint density at radius 1 is 1.33 bits per heavy atom. The second-order valence-corrected chi connectivity index (χ2v) is 5.06. The van der Waals surface area contributed by atoms with Gasteiger partial charge in [0.15, 0.2) is 0 Å². The monoisotopic (exact) mass is 210 g/mol. The molecule has 2 saturated heterocycles. The fraction of sp³-hybridized carbons (Fsp3) is 0.917. The molecule has 2 aliphatic heterocycles. The Morgan fingerprint density at radius 3 is 2.73 bits per heavy atom. The molecule has 2 heterocycles. The summed E-state index contributed by atoms with van der Waals surface area (Å²) in [6.45, 7) is 7.91. The van der Waals surface area contributed by atoms with Gasteiger partial charge in [0.1, 0.15) is 6.29 Å². The molecular formula is C12H22N2O. The summed E-state index contributed by atoms with van der Waals surface area (Å²) >= 11 is 0. The van der Waals surface area contributed by atoms with E-state index in [1.54, 1.807) is 0 Å². The van der Waals surface area contributed by atoms with Gasteiger partial charge in [-0.25, -0.2) is 0 Å². The van der Waals surface area contributed by atoms with Crippen LogP contribution in [-0.4, -0.2) is 54.9 Å². The zero-order valence-corrected chi connectivity index (χ0v) is 9.69. The lowest BCUT2D eigenvalue weighted by Gasteiger charge is -2.24. The molecule has 0 saturated carbocycles. The molecule has 2 rings (SSSR count). The lowest BCUT2D eigenvalue weighted by atomic mass is 10.2. The summed E-state index contributed by atoms with van der Waals surface area (Å²) in [4.78, 5) is 15.7. The summed E-state index contributed by atoms with van der Waals surface area (Å²) in [7, 11) is 0. The van der Waals surface area contributed by atoms with Gasteiger partial charge in [0.2, 0.25) is 0 Å². The van der Waals surface area contributed by atoms with Crippen LogP contribution in [0.5, 0.6) is 0 Å². The molecule has 0 amide bonds. The largest absolute Gasteiger partial charge is 0.303 e. The number of carbonyl (C=O) groups is 1. The number of carbonyl (C=O) groups excluding carboxylic acids is 1. The van der Waals surface area contributed by atoms with Crippen molar-refractivity contribution in [3.8, 4) is 0 Å². The Hall–Kier alpha value is -0.410. The maximum absolute atomic E-state index is 10.6. The van der Waals surface area contributed by atoms with Gasteiger partial charge >= 0.3 is 0 Å². The molecule has 0 aromatic rings. The number of rotatable bonds is 4. The minimum absolute atomic E-state index is 0.197. The Balaban J connectivity index is 1.76. The minimum atomic E-state index is 0.197. The summed E-state index contributed by atoms with van der Waals surface area (Å²) in [6.07, 6.45) is 5.12. The van der Waals surface area contributed by atoms with Crippen molar-refractivity contribution in [2.75, 3.05) is 32.7 Å². The van der Waals surface area contributed by atoms with Crippen LogP contribution in [-0.2, 0) is 4.79 Å². The van der Waals surface area contributed by atoms with E-state index in [0.717, 1.165) is 18.9 Å². The average molecular weight is 210 g/mol. The maximum Gasteiger partial charge on any atom is 0.124 e. The first-order chi connectivity index (χ1) is 7.29. The van der Waals surface area contributed by atoms with Gasteiger partial charge in [-0.05, 0) is 38.9 Å². The van der Waals surface area contributed by atoms with E-state index in [9.17, 15) is 4.79 Å². The van der Waals surface area contributed by atoms with Crippen LogP contribution in [0.4, 0.5) is 0 Å². The summed E-state index contributed by atoms with van der Waals surface area (Å²) in [5.74, 6) is 0.197. The van der Waals surface area contributed by atoms with Gasteiger partial charge in [-0.15, -0.1) is 0 Å². The summed E-state index contributed by atoms with van der Waals surface area (Å²) in [5, 5.41) is 0. The van der Waals surface area contributed by atoms with Crippen molar-refractivity contribution in [1.82, 2.24) is 9.80 Å².